The van der Waals surface area contributed by atoms with Crippen LogP contribution in [-0.4, -0.2) is 27.1 Å². The molecule has 0 amide bonds. The number of hydrogen-bond acceptors (Lipinski definition) is 4. The van der Waals surface area contributed by atoms with Gasteiger partial charge in [-0.1, -0.05) is 6.07 Å². The van der Waals surface area contributed by atoms with Crippen LogP contribution in [0, 0.1) is 5.82 Å². The average Bonchev–Trinajstić information content (AvgIpc) is 2.84. The number of ether oxygens (including phenoxy) is 1. The van der Waals surface area contributed by atoms with Crippen LogP contribution in [0.4, 0.5) is 10.1 Å². The Balaban J connectivity index is 1.86. The van der Waals surface area contributed by atoms with Gasteiger partial charge >= 0.3 is 0 Å². The van der Waals surface area contributed by atoms with E-state index in [1.165, 1.54) is 12.1 Å². The van der Waals surface area contributed by atoms with E-state index in [-0.39, 0.29) is 24.1 Å². The zero-order chi connectivity index (χ0) is 15.7. The molecule has 1 unspecified atom stereocenters. The molecule has 5 nitrogen and oxygen atoms in total. The zero-order valence-corrected chi connectivity index (χ0v) is 12.7. The van der Waals surface area contributed by atoms with E-state index >= 15 is 0 Å². The molecule has 0 fully saturated rings. The monoisotopic (exact) mass is 305 g/mol. The molecule has 2 aromatic rings. The van der Waals surface area contributed by atoms with Crippen LogP contribution in [0.1, 0.15) is 31.9 Å². The van der Waals surface area contributed by atoms with Crippen LogP contribution in [0.2, 0.25) is 0 Å². The molecular formula is C16H20FN3O2. The first-order valence-electron chi connectivity index (χ1n) is 7.35. The highest BCUT2D eigenvalue weighted by Crippen LogP contribution is 2.41. The summed E-state index contributed by atoms with van der Waals surface area (Å²) in [6.07, 6.45) is 4.33. The Morgan fingerprint density at radius 2 is 2.32 bits per heavy atom. The van der Waals surface area contributed by atoms with Gasteiger partial charge in [0, 0.05) is 24.2 Å². The van der Waals surface area contributed by atoms with Gasteiger partial charge in [-0.3, -0.25) is 4.68 Å². The summed E-state index contributed by atoms with van der Waals surface area (Å²) < 4.78 is 21.0. The van der Waals surface area contributed by atoms with Gasteiger partial charge in [-0.2, -0.15) is 5.10 Å². The molecular weight excluding hydrogens is 285 g/mol. The number of halogens is 1. The van der Waals surface area contributed by atoms with Crippen molar-refractivity contribution in [2.24, 2.45) is 0 Å². The number of nitrogens with one attached hydrogen (secondary N) is 1. The summed E-state index contributed by atoms with van der Waals surface area (Å²) in [7, 11) is 0. The number of aliphatic hydroxyl groups excluding tert-OH is 1. The third-order valence-corrected chi connectivity index (χ3v) is 3.74. The summed E-state index contributed by atoms with van der Waals surface area (Å²) in [4.78, 5) is 0. The summed E-state index contributed by atoms with van der Waals surface area (Å²) in [5.41, 5.74) is 1.43. The van der Waals surface area contributed by atoms with E-state index in [1.807, 2.05) is 20.0 Å². The van der Waals surface area contributed by atoms with E-state index < -0.39 is 0 Å². The molecule has 0 saturated carbocycles. The highest BCUT2D eigenvalue weighted by molar-refractivity contribution is 5.47. The van der Waals surface area contributed by atoms with Gasteiger partial charge in [0.1, 0.15) is 17.2 Å². The predicted octanol–water partition coefficient (Wildman–Crippen LogP) is 2.73. The van der Waals surface area contributed by atoms with Crippen LogP contribution in [0.5, 0.6) is 5.75 Å². The van der Waals surface area contributed by atoms with Crippen LogP contribution in [-0.2, 0) is 6.54 Å². The third-order valence-electron chi connectivity index (χ3n) is 3.74. The molecule has 22 heavy (non-hydrogen) atoms. The maximum atomic E-state index is 13.5. The lowest BCUT2D eigenvalue weighted by Crippen LogP contribution is -2.37. The predicted molar refractivity (Wildman–Crippen MR) is 81.4 cm³/mol. The number of hydrogen-bond donors (Lipinski definition) is 2. The van der Waals surface area contributed by atoms with Crippen molar-refractivity contribution < 1.29 is 14.2 Å². The van der Waals surface area contributed by atoms with Crippen LogP contribution >= 0.6 is 0 Å². The third kappa shape index (κ3) is 3.06. The van der Waals surface area contributed by atoms with E-state index in [4.69, 9.17) is 9.84 Å². The van der Waals surface area contributed by atoms with E-state index in [0.29, 0.717) is 12.3 Å². The lowest BCUT2D eigenvalue weighted by molar-refractivity contribution is 0.0754. The fourth-order valence-corrected chi connectivity index (χ4v) is 2.82. The lowest BCUT2D eigenvalue weighted by Gasteiger charge is -2.38. The Labute approximate surface area is 128 Å². The average molecular weight is 305 g/mol. The van der Waals surface area contributed by atoms with Gasteiger partial charge in [-0.25, -0.2) is 4.39 Å². The number of aromatic nitrogens is 2. The number of rotatable bonds is 4. The van der Waals surface area contributed by atoms with Crippen molar-refractivity contribution in [1.82, 2.24) is 9.78 Å². The molecule has 1 aromatic carbocycles. The van der Waals surface area contributed by atoms with Gasteiger partial charge in [0.2, 0.25) is 0 Å². The number of benzene rings is 1. The first kappa shape index (κ1) is 14.8. The van der Waals surface area contributed by atoms with E-state index in [1.54, 1.807) is 16.9 Å². The molecule has 0 radical (unpaired) electrons. The maximum Gasteiger partial charge on any atom is 0.128 e. The molecule has 0 bridgehead atoms. The molecule has 1 aromatic heterocycles. The number of aliphatic hydroxyl groups is 1. The SMILES string of the molecule is CC1(C)CC(Nc2cnn(CCO)c2)c2ccc(F)cc2O1. The van der Waals surface area contributed by atoms with Crippen molar-refractivity contribution in [3.8, 4) is 5.75 Å². The Morgan fingerprint density at radius 1 is 1.50 bits per heavy atom. The summed E-state index contributed by atoms with van der Waals surface area (Å²) in [6, 6.07) is 4.66. The quantitative estimate of drug-likeness (QED) is 0.912. The van der Waals surface area contributed by atoms with Gasteiger partial charge in [-0.05, 0) is 19.9 Å². The fourth-order valence-electron chi connectivity index (χ4n) is 2.82. The van der Waals surface area contributed by atoms with E-state index in [9.17, 15) is 4.39 Å². The number of nitrogens with zero attached hydrogens (tertiary/aromatic N) is 2. The lowest BCUT2D eigenvalue weighted by atomic mass is 9.89. The van der Waals surface area contributed by atoms with Crippen molar-refractivity contribution >= 4 is 5.69 Å². The molecule has 118 valence electrons. The molecule has 3 rings (SSSR count). The minimum atomic E-state index is -0.375. The van der Waals surface area contributed by atoms with Crippen molar-refractivity contribution in [1.29, 1.82) is 0 Å². The minimum Gasteiger partial charge on any atom is -0.487 e. The van der Waals surface area contributed by atoms with Crippen LogP contribution < -0.4 is 10.1 Å². The van der Waals surface area contributed by atoms with Crippen molar-refractivity contribution in [3.05, 3.63) is 42.0 Å². The van der Waals surface area contributed by atoms with E-state index in [2.05, 4.69) is 10.4 Å². The Kier molecular flexibility index (Phi) is 3.78. The number of anilines is 1. The van der Waals surface area contributed by atoms with Gasteiger partial charge < -0.3 is 15.2 Å². The summed E-state index contributed by atoms with van der Waals surface area (Å²) in [5.74, 6) is 0.280. The standard InChI is InChI=1S/C16H20FN3O2/c1-16(2)8-14(13-4-3-11(17)7-15(13)22-16)19-12-9-18-20(10-12)5-6-21/h3-4,7,9-10,14,19,21H,5-6,8H2,1-2H3. The Hall–Kier alpha value is -2.08. The van der Waals surface area contributed by atoms with Crippen LogP contribution in [0.15, 0.2) is 30.6 Å². The van der Waals surface area contributed by atoms with E-state index in [0.717, 1.165) is 17.7 Å². The molecule has 0 spiro atoms. The molecule has 2 heterocycles. The normalized spacial score (nSPS) is 19.4. The maximum absolute atomic E-state index is 13.5. The first-order chi connectivity index (χ1) is 10.5. The second-order valence-electron chi connectivity index (χ2n) is 6.16. The van der Waals surface area contributed by atoms with Gasteiger partial charge in [-0.15, -0.1) is 0 Å². The molecule has 0 saturated heterocycles. The highest BCUT2D eigenvalue weighted by atomic mass is 19.1. The van der Waals surface area contributed by atoms with Gasteiger partial charge in [0.25, 0.3) is 0 Å². The molecule has 1 atom stereocenters. The van der Waals surface area contributed by atoms with Gasteiger partial charge in [0.15, 0.2) is 0 Å². The summed E-state index contributed by atoms with van der Waals surface area (Å²) in [5, 5.41) is 16.5. The number of fused-ring (bicyclic) bond motifs is 1. The fraction of sp³-hybridized carbons (Fsp3) is 0.438. The second kappa shape index (κ2) is 5.61. The largest absolute Gasteiger partial charge is 0.487 e. The molecule has 0 aliphatic carbocycles. The van der Waals surface area contributed by atoms with Crippen LogP contribution in [0.25, 0.3) is 0 Å². The smallest absolute Gasteiger partial charge is 0.128 e. The molecule has 6 heteroatoms. The first-order valence-corrected chi connectivity index (χ1v) is 7.35. The van der Waals surface area contributed by atoms with Crippen molar-refractivity contribution in [3.63, 3.8) is 0 Å². The van der Waals surface area contributed by atoms with Crippen molar-refractivity contribution in [2.45, 2.75) is 38.5 Å². The minimum absolute atomic E-state index is 0.0196. The Morgan fingerprint density at radius 3 is 3.09 bits per heavy atom. The topological polar surface area (TPSA) is 59.3 Å². The highest BCUT2D eigenvalue weighted by Gasteiger charge is 2.34. The van der Waals surface area contributed by atoms with Gasteiger partial charge in [0.05, 0.1) is 31.1 Å². The molecule has 2 N–H and O–H groups in total. The van der Waals surface area contributed by atoms with Crippen LogP contribution in [0.3, 0.4) is 0 Å². The molecule has 1 aliphatic heterocycles. The Bertz CT molecular complexity index is 669. The summed E-state index contributed by atoms with van der Waals surface area (Å²) >= 11 is 0. The zero-order valence-electron chi connectivity index (χ0n) is 12.7. The van der Waals surface area contributed by atoms with Crippen molar-refractivity contribution in [2.75, 3.05) is 11.9 Å². The molecule has 1 aliphatic rings. The second-order valence-corrected chi connectivity index (χ2v) is 6.16. The summed E-state index contributed by atoms with van der Waals surface area (Å²) in [6.45, 7) is 4.49.